The van der Waals surface area contributed by atoms with Crippen molar-refractivity contribution < 1.29 is 4.39 Å². The summed E-state index contributed by atoms with van der Waals surface area (Å²) in [6.45, 7) is 6.65. The molecule has 0 aromatic rings. The second-order valence-electron chi connectivity index (χ2n) is 4.10. The van der Waals surface area contributed by atoms with Crippen LogP contribution in [0.25, 0.3) is 0 Å². The molecule has 0 aromatic heterocycles. The van der Waals surface area contributed by atoms with Gasteiger partial charge in [-0.05, 0) is 24.7 Å². The summed E-state index contributed by atoms with van der Waals surface area (Å²) in [6.07, 6.45) is 8.12. The molecular weight excluding hydrogens is 163 g/mol. The Kier molecular flexibility index (Phi) is 7.31. The van der Waals surface area contributed by atoms with Crippen molar-refractivity contribution >= 4 is 0 Å². The monoisotopic (exact) mass is 188 g/mol. The van der Waals surface area contributed by atoms with E-state index in [9.17, 15) is 4.39 Å². The number of hydrogen-bond donors (Lipinski definition) is 0. The molecule has 1 heteroatoms. The van der Waals surface area contributed by atoms with Gasteiger partial charge in [0.25, 0.3) is 0 Å². The Labute approximate surface area is 82.9 Å². The van der Waals surface area contributed by atoms with Crippen molar-refractivity contribution in [2.75, 3.05) is 6.67 Å². The van der Waals surface area contributed by atoms with Gasteiger partial charge < -0.3 is 0 Å². The van der Waals surface area contributed by atoms with Crippen LogP contribution in [0.3, 0.4) is 0 Å². The molecule has 80 valence electrons. The molecule has 0 aliphatic heterocycles. The van der Waals surface area contributed by atoms with Gasteiger partial charge in [-0.25, -0.2) is 0 Å². The Morgan fingerprint density at radius 3 is 1.92 bits per heavy atom. The van der Waals surface area contributed by atoms with E-state index in [0.717, 1.165) is 12.8 Å². The van der Waals surface area contributed by atoms with E-state index in [-0.39, 0.29) is 6.67 Å². The Morgan fingerprint density at radius 1 is 0.923 bits per heavy atom. The SMILES string of the molecule is CCCC(CC)(CC)CCCCF. The first kappa shape index (κ1) is 12.9. The van der Waals surface area contributed by atoms with Gasteiger partial charge in [0.1, 0.15) is 0 Å². The third kappa shape index (κ3) is 4.64. The lowest BCUT2D eigenvalue weighted by Crippen LogP contribution is -2.18. The molecule has 0 unspecified atom stereocenters. The Bertz CT molecular complexity index is 106. The highest BCUT2D eigenvalue weighted by atomic mass is 19.1. The first-order valence-electron chi connectivity index (χ1n) is 5.80. The van der Waals surface area contributed by atoms with E-state index in [2.05, 4.69) is 20.8 Å². The molecule has 0 saturated heterocycles. The molecule has 0 N–H and O–H groups in total. The molecular formula is C12H25F. The van der Waals surface area contributed by atoms with Gasteiger partial charge in [0.15, 0.2) is 0 Å². The van der Waals surface area contributed by atoms with Crippen molar-refractivity contribution in [2.24, 2.45) is 5.41 Å². The number of hydrogen-bond acceptors (Lipinski definition) is 0. The number of halogens is 1. The standard InChI is InChI=1S/C12H25F/c1-4-9-12(5-2,6-3)10-7-8-11-13/h4-11H2,1-3H3. The van der Waals surface area contributed by atoms with Crippen LogP contribution < -0.4 is 0 Å². The molecule has 0 aliphatic rings. The zero-order valence-corrected chi connectivity index (χ0v) is 9.53. The smallest absolute Gasteiger partial charge is 0.0894 e. The minimum absolute atomic E-state index is 0.143. The molecule has 13 heavy (non-hydrogen) atoms. The van der Waals surface area contributed by atoms with Crippen LogP contribution in [0.15, 0.2) is 0 Å². The maximum absolute atomic E-state index is 12.0. The van der Waals surface area contributed by atoms with Crippen LogP contribution >= 0.6 is 0 Å². The zero-order valence-electron chi connectivity index (χ0n) is 9.53. The van der Waals surface area contributed by atoms with E-state index in [0.29, 0.717) is 5.41 Å². The summed E-state index contributed by atoms with van der Waals surface area (Å²) >= 11 is 0. The lowest BCUT2D eigenvalue weighted by atomic mass is 9.74. The number of unbranched alkanes of at least 4 members (excludes halogenated alkanes) is 1. The molecule has 0 saturated carbocycles. The molecule has 0 aliphatic carbocycles. The highest BCUT2D eigenvalue weighted by molar-refractivity contribution is 4.75. The quantitative estimate of drug-likeness (QED) is 0.483. The minimum atomic E-state index is -0.143. The van der Waals surface area contributed by atoms with E-state index >= 15 is 0 Å². The Hall–Kier alpha value is -0.0700. The van der Waals surface area contributed by atoms with Crippen molar-refractivity contribution in [3.63, 3.8) is 0 Å². The summed E-state index contributed by atoms with van der Waals surface area (Å²) in [5.41, 5.74) is 0.518. The lowest BCUT2D eigenvalue weighted by Gasteiger charge is -2.31. The van der Waals surface area contributed by atoms with Crippen LogP contribution in [0.4, 0.5) is 4.39 Å². The number of alkyl halides is 1. The Balaban J connectivity index is 3.89. The maximum atomic E-state index is 12.0. The van der Waals surface area contributed by atoms with Crippen LogP contribution in [0.2, 0.25) is 0 Å². The van der Waals surface area contributed by atoms with Crippen LogP contribution in [0, 0.1) is 5.41 Å². The van der Waals surface area contributed by atoms with E-state index in [1.54, 1.807) is 0 Å². The van der Waals surface area contributed by atoms with Gasteiger partial charge in [0.05, 0.1) is 6.67 Å². The first-order valence-corrected chi connectivity index (χ1v) is 5.80. The molecule has 0 heterocycles. The van der Waals surface area contributed by atoms with Crippen molar-refractivity contribution in [3.8, 4) is 0 Å². The van der Waals surface area contributed by atoms with E-state index < -0.39 is 0 Å². The second-order valence-corrected chi connectivity index (χ2v) is 4.10. The molecule has 0 amide bonds. The summed E-state index contributed by atoms with van der Waals surface area (Å²) in [5, 5.41) is 0. The van der Waals surface area contributed by atoms with Gasteiger partial charge in [-0.15, -0.1) is 0 Å². The van der Waals surface area contributed by atoms with Crippen LogP contribution in [-0.4, -0.2) is 6.67 Å². The van der Waals surface area contributed by atoms with Crippen LogP contribution in [-0.2, 0) is 0 Å². The summed E-state index contributed by atoms with van der Waals surface area (Å²) in [5.74, 6) is 0. The third-order valence-electron chi connectivity index (χ3n) is 3.37. The van der Waals surface area contributed by atoms with E-state index in [1.807, 2.05) is 0 Å². The van der Waals surface area contributed by atoms with E-state index in [4.69, 9.17) is 0 Å². The van der Waals surface area contributed by atoms with Crippen LogP contribution in [0.1, 0.15) is 65.7 Å². The average Bonchev–Trinajstić information content (AvgIpc) is 2.17. The molecule has 0 nitrogen and oxygen atoms in total. The normalized spacial score (nSPS) is 12.0. The fraction of sp³-hybridized carbons (Fsp3) is 1.00. The molecule has 0 spiro atoms. The van der Waals surface area contributed by atoms with Crippen molar-refractivity contribution in [2.45, 2.75) is 65.7 Å². The van der Waals surface area contributed by atoms with Crippen molar-refractivity contribution in [1.82, 2.24) is 0 Å². The fourth-order valence-corrected chi connectivity index (χ4v) is 2.21. The summed E-state index contributed by atoms with van der Waals surface area (Å²) in [7, 11) is 0. The Morgan fingerprint density at radius 2 is 1.54 bits per heavy atom. The van der Waals surface area contributed by atoms with Crippen molar-refractivity contribution in [1.29, 1.82) is 0 Å². The maximum Gasteiger partial charge on any atom is 0.0894 e. The average molecular weight is 188 g/mol. The highest BCUT2D eigenvalue weighted by Gasteiger charge is 2.23. The number of rotatable bonds is 8. The molecule has 0 fully saturated rings. The molecule has 0 bridgehead atoms. The molecule has 0 rings (SSSR count). The molecule has 0 atom stereocenters. The van der Waals surface area contributed by atoms with E-state index in [1.165, 1.54) is 32.1 Å². The van der Waals surface area contributed by atoms with Gasteiger partial charge >= 0.3 is 0 Å². The lowest BCUT2D eigenvalue weighted by molar-refractivity contribution is 0.206. The highest BCUT2D eigenvalue weighted by Crippen LogP contribution is 2.37. The predicted molar refractivity (Wildman–Crippen MR) is 57.7 cm³/mol. The zero-order chi connectivity index (χ0) is 10.2. The van der Waals surface area contributed by atoms with Gasteiger partial charge in [-0.3, -0.25) is 4.39 Å². The van der Waals surface area contributed by atoms with Gasteiger partial charge in [0, 0.05) is 0 Å². The summed E-state index contributed by atoms with van der Waals surface area (Å²) in [6, 6.07) is 0. The van der Waals surface area contributed by atoms with Crippen molar-refractivity contribution in [3.05, 3.63) is 0 Å². The predicted octanol–water partition coefficient (Wildman–Crippen LogP) is 4.73. The summed E-state index contributed by atoms with van der Waals surface area (Å²) in [4.78, 5) is 0. The fourth-order valence-electron chi connectivity index (χ4n) is 2.21. The van der Waals surface area contributed by atoms with Gasteiger partial charge in [-0.2, -0.15) is 0 Å². The molecule has 0 aromatic carbocycles. The largest absolute Gasteiger partial charge is 0.251 e. The van der Waals surface area contributed by atoms with Gasteiger partial charge in [-0.1, -0.05) is 46.5 Å². The van der Waals surface area contributed by atoms with Gasteiger partial charge in [0.2, 0.25) is 0 Å². The third-order valence-corrected chi connectivity index (χ3v) is 3.37. The molecule has 0 radical (unpaired) electrons. The summed E-state index contributed by atoms with van der Waals surface area (Å²) < 4.78 is 12.0. The minimum Gasteiger partial charge on any atom is -0.251 e. The first-order chi connectivity index (χ1) is 6.24. The van der Waals surface area contributed by atoms with Crippen LogP contribution in [0.5, 0.6) is 0 Å². The second kappa shape index (κ2) is 7.34. The topological polar surface area (TPSA) is 0 Å².